The van der Waals surface area contributed by atoms with Crippen LogP contribution in [0.4, 0.5) is 0 Å². The topological polar surface area (TPSA) is 46.3 Å². The Balaban J connectivity index is 2.66. The molecule has 1 amide bonds. The molecule has 0 bridgehead atoms. The van der Waals surface area contributed by atoms with Gasteiger partial charge in [0.25, 0.3) is 0 Å². The molecule has 106 valence electrons. The molecule has 2 N–H and O–H groups in total. The van der Waals surface area contributed by atoms with Gasteiger partial charge in [-0.1, -0.05) is 33.6 Å². The van der Waals surface area contributed by atoms with Crippen molar-refractivity contribution in [2.75, 3.05) is 13.1 Å². The summed E-state index contributed by atoms with van der Waals surface area (Å²) in [5.41, 5.74) is 5.87. The van der Waals surface area contributed by atoms with Crippen molar-refractivity contribution in [2.24, 2.45) is 17.6 Å². The number of nitrogens with zero attached hydrogens (tertiary/aromatic N) is 1. The summed E-state index contributed by atoms with van der Waals surface area (Å²) < 4.78 is 0. The Kier molecular flexibility index (Phi) is 6.69. The van der Waals surface area contributed by atoms with Gasteiger partial charge in [-0.25, -0.2) is 0 Å². The quantitative estimate of drug-likeness (QED) is 0.792. The summed E-state index contributed by atoms with van der Waals surface area (Å²) in [4.78, 5) is 14.7. The molecule has 0 aromatic rings. The molecule has 0 aromatic carbocycles. The Morgan fingerprint density at radius 3 is 2.72 bits per heavy atom. The molecule has 1 aliphatic heterocycles. The Bertz CT molecular complexity index is 255. The van der Waals surface area contributed by atoms with Crippen LogP contribution >= 0.6 is 0 Å². The van der Waals surface area contributed by atoms with E-state index in [4.69, 9.17) is 5.73 Å². The van der Waals surface area contributed by atoms with Gasteiger partial charge >= 0.3 is 0 Å². The molecule has 0 spiro atoms. The first-order chi connectivity index (χ1) is 8.65. The fourth-order valence-electron chi connectivity index (χ4n) is 3.07. The van der Waals surface area contributed by atoms with E-state index in [0.29, 0.717) is 18.4 Å². The van der Waals surface area contributed by atoms with Crippen molar-refractivity contribution < 1.29 is 4.79 Å². The molecular formula is C15H30N2O. The van der Waals surface area contributed by atoms with E-state index in [0.717, 1.165) is 32.2 Å². The van der Waals surface area contributed by atoms with Gasteiger partial charge in [0, 0.05) is 25.0 Å². The number of hydrogen-bond acceptors (Lipinski definition) is 2. The molecular weight excluding hydrogens is 224 g/mol. The van der Waals surface area contributed by atoms with Gasteiger partial charge in [-0.2, -0.15) is 0 Å². The first-order valence-electron chi connectivity index (χ1n) is 7.66. The molecule has 1 aliphatic rings. The normalized spacial score (nSPS) is 26.1. The third-order valence-electron chi connectivity index (χ3n) is 4.39. The molecule has 1 heterocycles. The molecule has 0 radical (unpaired) electrons. The van der Waals surface area contributed by atoms with Crippen LogP contribution in [0.5, 0.6) is 0 Å². The van der Waals surface area contributed by atoms with E-state index in [2.05, 4.69) is 25.7 Å². The lowest BCUT2D eigenvalue weighted by molar-refractivity contribution is -0.140. The molecule has 0 aliphatic carbocycles. The minimum absolute atomic E-state index is 0.212. The Morgan fingerprint density at radius 2 is 2.17 bits per heavy atom. The highest BCUT2D eigenvalue weighted by Gasteiger charge is 2.33. The number of hydrogen-bond donors (Lipinski definition) is 1. The summed E-state index contributed by atoms with van der Waals surface area (Å²) in [6.45, 7) is 8.06. The first kappa shape index (κ1) is 15.5. The van der Waals surface area contributed by atoms with Gasteiger partial charge in [-0.05, 0) is 31.6 Å². The second kappa shape index (κ2) is 7.78. The van der Waals surface area contributed by atoms with Gasteiger partial charge in [0.15, 0.2) is 0 Å². The van der Waals surface area contributed by atoms with Crippen LogP contribution in [0, 0.1) is 11.8 Å². The SMILES string of the molecule is CCCCC(CC)C(=O)N1CCCC(C)C1CN. The Morgan fingerprint density at radius 1 is 1.44 bits per heavy atom. The molecule has 1 rings (SSSR count). The highest BCUT2D eigenvalue weighted by molar-refractivity contribution is 5.79. The lowest BCUT2D eigenvalue weighted by atomic mass is 9.88. The third kappa shape index (κ3) is 3.71. The van der Waals surface area contributed by atoms with Crippen LogP contribution in [0.3, 0.4) is 0 Å². The zero-order chi connectivity index (χ0) is 13.5. The molecule has 0 aromatic heterocycles. The van der Waals surface area contributed by atoms with E-state index in [9.17, 15) is 4.79 Å². The lowest BCUT2D eigenvalue weighted by Gasteiger charge is -2.41. The molecule has 3 nitrogen and oxygen atoms in total. The number of unbranched alkanes of at least 4 members (excludes halogenated alkanes) is 1. The van der Waals surface area contributed by atoms with Crippen LogP contribution in [-0.4, -0.2) is 29.9 Å². The monoisotopic (exact) mass is 254 g/mol. The van der Waals surface area contributed by atoms with E-state index in [1.807, 2.05) is 0 Å². The maximum absolute atomic E-state index is 12.6. The number of likely N-dealkylation sites (tertiary alicyclic amines) is 1. The van der Waals surface area contributed by atoms with E-state index < -0.39 is 0 Å². The average molecular weight is 254 g/mol. The first-order valence-corrected chi connectivity index (χ1v) is 7.66. The second-order valence-corrected chi connectivity index (χ2v) is 5.70. The van der Waals surface area contributed by atoms with E-state index in [1.165, 1.54) is 12.8 Å². The zero-order valence-corrected chi connectivity index (χ0v) is 12.3. The smallest absolute Gasteiger partial charge is 0.225 e. The molecule has 3 heteroatoms. The van der Waals surface area contributed by atoms with Gasteiger partial charge in [0.1, 0.15) is 0 Å². The molecule has 3 unspecified atom stereocenters. The zero-order valence-electron chi connectivity index (χ0n) is 12.3. The van der Waals surface area contributed by atoms with Crippen LogP contribution in [-0.2, 0) is 4.79 Å². The van der Waals surface area contributed by atoms with Crippen molar-refractivity contribution in [3.05, 3.63) is 0 Å². The van der Waals surface area contributed by atoms with Crippen LogP contribution in [0.25, 0.3) is 0 Å². The van der Waals surface area contributed by atoms with Gasteiger partial charge < -0.3 is 10.6 Å². The number of nitrogens with two attached hydrogens (primary N) is 1. The summed E-state index contributed by atoms with van der Waals surface area (Å²) in [5, 5.41) is 0. The second-order valence-electron chi connectivity index (χ2n) is 5.70. The molecule has 1 saturated heterocycles. The van der Waals surface area contributed by atoms with Crippen LogP contribution < -0.4 is 5.73 Å². The predicted molar refractivity (Wildman–Crippen MR) is 76.3 cm³/mol. The molecule has 3 atom stereocenters. The standard InChI is InChI=1S/C15H30N2O/c1-4-6-9-13(5-2)15(18)17-10-7-8-12(3)14(17)11-16/h12-14H,4-11,16H2,1-3H3. The van der Waals surface area contributed by atoms with Crippen molar-refractivity contribution in [1.82, 2.24) is 4.90 Å². The predicted octanol–water partition coefficient (Wildman–Crippen LogP) is 2.79. The maximum atomic E-state index is 12.6. The van der Waals surface area contributed by atoms with Crippen molar-refractivity contribution in [2.45, 2.75) is 65.3 Å². The summed E-state index contributed by atoms with van der Waals surface area (Å²) in [5.74, 6) is 1.12. The fourth-order valence-corrected chi connectivity index (χ4v) is 3.07. The van der Waals surface area contributed by atoms with Crippen LogP contribution in [0.1, 0.15) is 59.3 Å². The minimum atomic E-state index is 0.212. The number of amides is 1. The van der Waals surface area contributed by atoms with Gasteiger partial charge in [-0.3, -0.25) is 4.79 Å². The lowest BCUT2D eigenvalue weighted by Crippen LogP contribution is -2.53. The van der Waals surface area contributed by atoms with Gasteiger partial charge in [0.2, 0.25) is 5.91 Å². The molecule has 18 heavy (non-hydrogen) atoms. The number of carbonyl (C=O) groups is 1. The maximum Gasteiger partial charge on any atom is 0.225 e. The largest absolute Gasteiger partial charge is 0.338 e. The highest BCUT2D eigenvalue weighted by Crippen LogP contribution is 2.26. The number of rotatable bonds is 6. The van der Waals surface area contributed by atoms with Gasteiger partial charge in [-0.15, -0.1) is 0 Å². The van der Waals surface area contributed by atoms with E-state index >= 15 is 0 Å². The fraction of sp³-hybridized carbons (Fsp3) is 0.933. The minimum Gasteiger partial charge on any atom is -0.338 e. The third-order valence-corrected chi connectivity index (χ3v) is 4.39. The molecule has 1 fully saturated rings. The highest BCUT2D eigenvalue weighted by atomic mass is 16.2. The summed E-state index contributed by atoms with van der Waals surface area (Å²) in [6, 6.07) is 0.266. The Hall–Kier alpha value is -0.570. The van der Waals surface area contributed by atoms with Crippen molar-refractivity contribution in [1.29, 1.82) is 0 Å². The number of piperidine rings is 1. The van der Waals surface area contributed by atoms with Crippen molar-refractivity contribution in [3.8, 4) is 0 Å². The van der Waals surface area contributed by atoms with Gasteiger partial charge in [0.05, 0.1) is 0 Å². The van der Waals surface area contributed by atoms with Crippen molar-refractivity contribution >= 4 is 5.91 Å². The summed E-state index contributed by atoms with van der Waals surface area (Å²) >= 11 is 0. The number of carbonyl (C=O) groups excluding carboxylic acids is 1. The average Bonchev–Trinajstić information content (AvgIpc) is 2.39. The summed E-state index contributed by atoms with van der Waals surface area (Å²) in [7, 11) is 0. The van der Waals surface area contributed by atoms with Crippen LogP contribution in [0.15, 0.2) is 0 Å². The summed E-state index contributed by atoms with van der Waals surface area (Å²) in [6.07, 6.45) is 6.65. The van der Waals surface area contributed by atoms with Crippen molar-refractivity contribution in [3.63, 3.8) is 0 Å². The molecule has 0 saturated carbocycles. The van der Waals surface area contributed by atoms with E-state index in [1.54, 1.807) is 0 Å². The van der Waals surface area contributed by atoms with E-state index in [-0.39, 0.29) is 12.0 Å². The van der Waals surface area contributed by atoms with Crippen LogP contribution in [0.2, 0.25) is 0 Å². The Labute approximate surface area is 112 Å².